The van der Waals surface area contributed by atoms with Crippen LogP contribution in [0.2, 0.25) is 0 Å². The molecule has 2 N–H and O–H groups in total. The fourth-order valence-electron chi connectivity index (χ4n) is 3.50. The topological polar surface area (TPSA) is 63.1 Å². The van der Waals surface area contributed by atoms with Crippen LogP contribution in [-0.4, -0.2) is 24.5 Å². The minimum atomic E-state index is -0.0145. The lowest BCUT2D eigenvalue weighted by molar-refractivity contribution is 0.317. The number of phenols is 1. The van der Waals surface area contributed by atoms with Gasteiger partial charge in [0.1, 0.15) is 5.75 Å². The number of hydrogen-bond donors (Lipinski definition) is 2. The van der Waals surface area contributed by atoms with E-state index in [1.165, 1.54) is 0 Å². The molecule has 0 aromatic heterocycles. The quantitative estimate of drug-likeness (QED) is 0.608. The normalized spacial score (nSPS) is 15.5. The van der Waals surface area contributed by atoms with E-state index < -0.39 is 0 Å². The molecule has 4 rings (SSSR count). The predicted octanol–water partition coefficient (Wildman–Crippen LogP) is 5.48. The Labute approximate surface area is 170 Å². The van der Waals surface area contributed by atoms with E-state index in [0.717, 1.165) is 34.0 Å². The SMILES string of the molecule is CCOc1cc(C2CC(c3ccc(OC)cc3)=Nc3ccccc3N2)ccc1O. The van der Waals surface area contributed by atoms with E-state index in [-0.39, 0.29) is 11.8 Å². The summed E-state index contributed by atoms with van der Waals surface area (Å²) in [5, 5.41) is 13.7. The molecule has 3 aromatic carbocycles. The average molecular weight is 388 g/mol. The van der Waals surface area contributed by atoms with Gasteiger partial charge in [0, 0.05) is 6.42 Å². The smallest absolute Gasteiger partial charge is 0.161 e. The number of phenolic OH excluding ortho intramolecular Hbond substituents is 1. The van der Waals surface area contributed by atoms with E-state index in [1.807, 2.05) is 67.6 Å². The Balaban J connectivity index is 1.75. The van der Waals surface area contributed by atoms with E-state index in [2.05, 4.69) is 5.32 Å². The number of fused-ring (bicyclic) bond motifs is 1. The van der Waals surface area contributed by atoms with Crippen molar-refractivity contribution in [2.75, 3.05) is 19.0 Å². The lowest BCUT2D eigenvalue weighted by Gasteiger charge is -2.20. The molecule has 1 aliphatic rings. The second-order valence-corrected chi connectivity index (χ2v) is 6.87. The molecule has 29 heavy (non-hydrogen) atoms. The van der Waals surface area contributed by atoms with Crippen LogP contribution in [-0.2, 0) is 0 Å². The first-order valence-corrected chi connectivity index (χ1v) is 9.71. The first kappa shape index (κ1) is 18.9. The molecule has 0 bridgehead atoms. The summed E-state index contributed by atoms with van der Waals surface area (Å²) in [7, 11) is 1.66. The van der Waals surface area contributed by atoms with E-state index in [4.69, 9.17) is 14.5 Å². The highest BCUT2D eigenvalue weighted by molar-refractivity contribution is 6.04. The van der Waals surface area contributed by atoms with Gasteiger partial charge in [-0.25, -0.2) is 0 Å². The molecule has 0 saturated heterocycles. The molecule has 1 unspecified atom stereocenters. The first-order valence-electron chi connectivity index (χ1n) is 9.71. The molecule has 1 atom stereocenters. The minimum Gasteiger partial charge on any atom is -0.504 e. The van der Waals surface area contributed by atoms with E-state index >= 15 is 0 Å². The van der Waals surface area contributed by atoms with Gasteiger partial charge in [-0.3, -0.25) is 4.99 Å². The van der Waals surface area contributed by atoms with Crippen LogP contribution in [0.5, 0.6) is 17.2 Å². The third-order valence-corrected chi connectivity index (χ3v) is 5.00. The van der Waals surface area contributed by atoms with Crippen LogP contribution in [0, 0.1) is 0 Å². The van der Waals surface area contributed by atoms with Gasteiger partial charge in [-0.1, -0.05) is 18.2 Å². The highest BCUT2D eigenvalue weighted by Crippen LogP contribution is 2.37. The summed E-state index contributed by atoms with van der Waals surface area (Å²) in [5.74, 6) is 1.46. The molecule has 5 heteroatoms. The van der Waals surface area contributed by atoms with Crippen molar-refractivity contribution < 1.29 is 14.6 Å². The summed E-state index contributed by atoms with van der Waals surface area (Å²) >= 11 is 0. The predicted molar refractivity (Wildman–Crippen MR) is 116 cm³/mol. The monoisotopic (exact) mass is 388 g/mol. The van der Waals surface area contributed by atoms with Gasteiger partial charge in [0.15, 0.2) is 11.5 Å². The zero-order valence-electron chi connectivity index (χ0n) is 16.6. The maximum absolute atomic E-state index is 10.1. The number of benzene rings is 3. The van der Waals surface area contributed by atoms with Crippen molar-refractivity contribution in [3.63, 3.8) is 0 Å². The maximum Gasteiger partial charge on any atom is 0.161 e. The Morgan fingerprint density at radius 2 is 1.86 bits per heavy atom. The van der Waals surface area contributed by atoms with Gasteiger partial charge in [-0.15, -0.1) is 0 Å². The van der Waals surface area contributed by atoms with Gasteiger partial charge in [0.05, 0.1) is 36.8 Å². The number of nitrogens with zero attached hydrogens (tertiary/aromatic N) is 1. The summed E-state index contributed by atoms with van der Waals surface area (Å²) in [4.78, 5) is 4.95. The van der Waals surface area contributed by atoms with E-state index in [9.17, 15) is 5.11 Å². The summed E-state index contributed by atoms with van der Waals surface area (Å²) in [6.07, 6.45) is 0.692. The zero-order chi connectivity index (χ0) is 20.2. The zero-order valence-corrected chi connectivity index (χ0v) is 16.6. The number of methoxy groups -OCH3 is 1. The van der Waals surface area contributed by atoms with Crippen molar-refractivity contribution in [3.05, 3.63) is 77.9 Å². The Morgan fingerprint density at radius 1 is 1.07 bits per heavy atom. The van der Waals surface area contributed by atoms with Gasteiger partial charge < -0.3 is 19.9 Å². The van der Waals surface area contributed by atoms with Crippen LogP contribution >= 0.6 is 0 Å². The summed E-state index contributed by atoms with van der Waals surface area (Å²) in [6.45, 7) is 2.40. The van der Waals surface area contributed by atoms with Crippen LogP contribution in [0.3, 0.4) is 0 Å². The number of hydrogen-bond acceptors (Lipinski definition) is 5. The van der Waals surface area contributed by atoms with Gasteiger partial charge in [0.25, 0.3) is 0 Å². The van der Waals surface area contributed by atoms with Gasteiger partial charge in [-0.2, -0.15) is 0 Å². The van der Waals surface area contributed by atoms with Crippen LogP contribution in [0.4, 0.5) is 11.4 Å². The number of aromatic hydroxyl groups is 1. The molecule has 0 spiro atoms. The molecule has 0 amide bonds. The van der Waals surface area contributed by atoms with Crippen molar-refractivity contribution >= 4 is 17.1 Å². The number of para-hydroxylation sites is 2. The molecule has 0 aliphatic carbocycles. The number of ether oxygens (including phenoxy) is 2. The second kappa shape index (κ2) is 8.27. The van der Waals surface area contributed by atoms with E-state index in [0.29, 0.717) is 18.8 Å². The van der Waals surface area contributed by atoms with Crippen molar-refractivity contribution in [2.45, 2.75) is 19.4 Å². The Hall–Kier alpha value is -3.47. The molecule has 148 valence electrons. The van der Waals surface area contributed by atoms with E-state index in [1.54, 1.807) is 13.2 Å². The molecule has 3 aromatic rings. The Morgan fingerprint density at radius 3 is 2.62 bits per heavy atom. The van der Waals surface area contributed by atoms with Crippen LogP contribution < -0.4 is 14.8 Å². The molecule has 5 nitrogen and oxygen atoms in total. The number of nitrogens with one attached hydrogen (secondary N) is 1. The van der Waals surface area contributed by atoms with Gasteiger partial charge >= 0.3 is 0 Å². The second-order valence-electron chi connectivity index (χ2n) is 6.87. The Kier molecular flexibility index (Phi) is 5.38. The van der Waals surface area contributed by atoms with Crippen molar-refractivity contribution in [2.24, 2.45) is 4.99 Å². The molecule has 0 fully saturated rings. The van der Waals surface area contributed by atoms with Gasteiger partial charge in [0.2, 0.25) is 0 Å². The summed E-state index contributed by atoms with van der Waals surface area (Å²) in [5.41, 5.74) is 4.96. The highest BCUT2D eigenvalue weighted by Gasteiger charge is 2.22. The Bertz CT molecular complexity index is 1030. The van der Waals surface area contributed by atoms with Crippen LogP contribution in [0.25, 0.3) is 0 Å². The van der Waals surface area contributed by atoms with Crippen molar-refractivity contribution in [1.82, 2.24) is 0 Å². The average Bonchev–Trinajstić information content (AvgIpc) is 2.95. The van der Waals surface area contributed by atoms with Crippen LogP contribution in [0.1, 0.15) is 30.5 Å². The minimum absolute atomic E-state index is 0.0145. The molecular formula is C24H24N2O3. The number of aliphatic imine (C=N–C) groups is 1. The fraction of sp³-hybridized carbons (Fsp3) is 0.208. The fourth-order valence-corrected chi connectivity index (χ4v) is 3.50. The lowest BCUT2D eigenvalue weighted by Crippen LogP contribution is -2.14. The molecule has 1 heterocycles. The molecule has 0 radical (unpaired) electrons. The molecule has 1 aliphatic heterocycles. The third kappa shape index (κ3) is 4.04. The summed E-state index contributed by atoms with van der Waals surface area (Å²) < 4.78 is 10.9. The standard InChI is InChI=1S/C24H24N2O3/c1-3-29-24-14-17(10-13-23(24)27)22-15-21(16-8-11-18(28-2)12-9-16)25-19-6-4-5-7-20(19)26-22/h4-14,22,26-27H,3,15H2,1-2H3. The first-order chi connectivity index (χ1) is 14.2. The third-order valence-electron chi connectivity index (χ3n) is 5.00. The number of rotatable bonds is 5. The molecular weight excluding hydrogens is 364 g/mol. The maximum atomic E-state index is 10.1. The van der Waals surface area contributed by atoms with Crippen LogP contribution in [0.15, 0.2) is 71.7 Å². The van der Waals surface area contributed by atoms with Crippen molar-refractivity contribution in [1.29, 1.82) is 0 Å². The largest absolute Gasteiger partial charge is 0.504 e. The van der Waals surface area contributed by atoms with Crippen molar-refractivity contribution in [3.8, 4) is 17.2 Å². The van der Waals surface area contributed by atoms with Gasteiger partial charge in [-0.05, 0) is 66.6 Å². The number of anilines is 1. The highest BCUT2D eigenvalue weighted by atomic mass is 16.5. The molecule has 0 saturated carbocycles. The lowest BCUT2D eigenvalue weighted by atomic mass is 9.97. The summed E-state index contributed by atoms with van der Waals surface area (Å²) in [6, 6.07) is 21.5.